The lowest BCUT2D eigenvalue weighted by Gasteiger charge is -2.22. The number of carbonyl (C=O) groups excluding carboxylic acids is 1. The van der Waals surface area contributed by atoms with Gasteiger partial charge in [0.2, 0.25) is 5.91 Å². The quantitative estimate of drug-likeness (QED) is 0.695. The summed E-state index contributed by atoms with van der Waals surface area (Å²) in [6, 6.07) is 7.63. The summed E-state index contributed by atoms with van der Waals surface area (Å²) in [6.07, 6.45) is 2.22. The van der Waals surface area contributed by atoms with Crippen LogP contribution in [-0.4, -0.2) is 35.2 Å². The van der Waals surface area contributed by atoms with Crippen LogP contribution in [0.2, 0.25) is 0 Å². The van der Waals surface area contributed by atoms with Crippen molar-refractivity contribution in [2.24, 2.45) is 5.73 Å². The van der Waals surface area contributed by atoms with Crippen LogP contribution in [0.1, 0.15) is 18.1 Å². The molecule has 19 heavy (non-hydrogen) atoms. The predicted molar refractivity (Wildman–Crippen MR) is 80.1 cm³/mol. The van der Waals surface area contributed by atoms with Crippen molar-refractivity contribution in [2.45, 2.75) is 25.5 Å². The second-order valence-electron chi connectivity index (χ2n) is 4.86. The van der Waals surface area contributed by atoms with Crippen LogP contribution in [0, 0.1) is 0 Å². The van der Waals surface area contributed by atoms with Gasteiger partial charge in [0.15, 0.2) is 0 Å². The van der Waals surface area contributed by atoms with Gasteiger partial charge in [-0.3, -0.25) is 4.79 Å². The van der Waals surface area contributed by atoms with Crippen molar-refractivity contribution in [3.8, 4) is 0 Å². The number of nitrogens with one attached hydrogen (secondary N) is 1. The SMILES string of the molecule is CSCC(C)(O)CNC(=O)Cc1ccccc1CN. The molecule has 0 radical (unpaired) electrons. The summed E-state index contributed by atoms with van der Waals surface area (Å²) in [4.78, 5) is 11.9. The van der Waals surface area contributed by atoms with Crippen molar-refractivity contribution in [1.82, 2.24) is 5.32 Å². The number of hydrogen-bond donors (Lipinski definition) is 3. The first kappa shape index (κ1) is 16.0. The van der Waals surface area contributed by atoms with E-state index in [1.165, 1.54) is 0 Å². The number of amides is 1. The first-order chi connectivity index (χ1) is 8.98. The van der Waals surface area contributed by atoms with Gasteiger partial charge in [0.05, 0.1) is 12.0 Å². The highest BCUT2D eigenvalue weighted by Crippen LogP contribution is 2.10. The Kier molecular flexibility index (Phi) is 6.34. The van der Waals surface area contributed by atoms with E-state index in [4.69, 9.17) is 5.73 Å². The third kappa shape index (κ3) is 5.63. The van der Waals surface area contributed by atoms with E-state index < -0.39 is 5.60 Å². The number of rotatable bonds is 7. The Morgan fingerprint density at radius 2 is 2.05 bits per heavy atom. The maximum Gasteiger partial charge on any atom is 0.224 e. The molecule has 106 valence electrons. The molecule has 1 aromatic carbocycles. The van der Waals surface area contributed by atoms with Crippen molar-refractivity contribution in [3.05, 3.63) is 35.4 Å². The molecule has 0 aliphatic heterocycles. The molecule has 0 spiro atoms. The van der Waals surface area contributed by atoms with Crippen molar-refractivity contribution in [2.75, 3.05) is 18.6 Å². The summed E-state index contributed by atoms with van der Waals surface area (Å²) in [5.74, 6) is 0.495. The van der Waals surface area contributed by atoms with Gasteiger partial charge < -0.3 is 16.2 Å². The Bertz CT molecular complexity index is 422. The minimum absolute atomic E-state index is 0.0951. The highest BCUT2D eigenvalue weighted by atomic mass is 32.2. The maximum absolute atomic E-state index is 11.9. The topological polar surface area (TPSA) is 75.3 Å². The molecule has 1 aromatic rings. The molecular formula is C14H22N2O2S. The third-order valence-corrected chi connectivity index (χ3v) is 3.72. The van der Waals surface area contributed by atoms with E-state index >= 15 is 0 Å². The standard InChI is InChI=1S/C14H22N2O2S/c1-14(18,10-19-2)9-16-13(17)7-11-5-3-4-6-12(11)8-15/h3-6,18H,7-10,15H2,1-2H3,(H,16,17). The van der Waals surface area contributed by atoms with Crippen LogP contribution >= 0.6 is 11.8 Å². The largest absolute Gasteiger partial charge is 0.387 e. The molecule has 0 aliphatic rings. The molecule has 0 saturated heterocycles. The Labute approximate surface area is 118 Å². The normalized spacial score (nSPS) is 13.9. The Hall–Kier alpha value is -1.04. The fourth-order valence-electron chi connectivity index (χ4n) is 1.82. The van der Waals surface area contributed by atoms with Crippen LogP contribution in [0.3, 0.4) is 0 Å². The van der Waals surface area contributed by atoms with Crippen LogP contribution in [0.4, 0.5) is 0 Å². The van der Waals surface area contributed by atoms with Gasteiger partial charge in [0.1, 0.15) is 0 Å². The molecule has 1 rings (SSSR count). The summed E-state index contributed by atoms with van der Waals surface area (Å²) in [5.41, 5.74) is 6.68. The van der Waals surface area contributed by atoms with Gasteiger partial charge in [-0.05, 0) is 24.3 Å². The Morgan fingerprint density at radius 3 is 2.63 bits per heavy atom. The van der Waals surface area contributed by atoms with E-state index in [2.05, 4.69) is 5.32 Å². The van der Waals surface area contributed by atoms with Crippen molar-refractivity contribution >= 4 is 17.7 Å². The van der Waals surface area contributed by atoms with Crippen LogP contribution in [0.15, 0.2) is 24.3 Å². The molecule has 0 heterocycles. The van der Waals surface area contributed by atoms with E-state index in [0.717, 1.165) is 11.1 Å². The zero-order valence-corrected chi connectivity index (χ0v) is 12.3. The van der Waals surface area contributed by atoms with E-state index in [1.807, 2.05) is 30.5 Å². The molecule has 0 aromatic heterocycles. The average Bonchev–Trinajstić information content (AvgIpc) is 2.37. The van der Waals surface area contributed by atoms with Gasteiger partial charge >= 0.3 is 0 Å². The number of benzene rings is 1. The summed E-state index contributed by atoms with van der Waals surface area (Å²) < 4.78 is 0. The number of hydrogen-bond acceptors (Lipinski definition) is 4. The summed E-state index contributed by atoms with van der Waals surface area (Å²) in [7, 11) is 0. The summed E-state index contributed by atoms with van der Waals surface area (Å²) >= 11 is 1.55. The molecule has 0 bridgehead atoms. The van der Waals surface area contributed by atoms with Gasteiger partial charge in [-0.2, -0.15) is 11.8 Å². The number of carbonyl (C=O) groups is 1. The number of thioether (sulfide) groups is 1. The average molecular weight is 282 g/mol. The van der Waals surface area contributed by atoms with Crippen LogP contribution in [0.25, 0.3) is 0 Å². The minimum Gasteiger partial charge on any atom is -0.387 e. The van der Waals surface area contributed by atoms with Crippen molar-refractivity contribution in [1.29, 1.82) is 0 Å². The Morgan fingerprint density at radius 1 is 1.42 bits per heavy atom. The smallest absolute Gasteiger partial charge is 0.224 e. The minimum atomic E-state index is -0.873. The van der Waals surface area contributed by atoms with Gasteiger partial charge in [-0.15, -0.1) is 0 Å². The van der Waals surface area contributed by atoms with Gasteiger partial charge in [0.25, 0.3) is 0 Å². The third-order valence-electron chi connectivity index (χ3n) is 2.81. The second-order valence-corrected chi connectivity index (χ2v) is 5.72. The van der Waals surface area contributed by atoms with E-state index in [1.54, 1.807) is 18.7 Å². The molecule has 4 nitrogen and oxygen atoms in total. The molecule has 4 N–H and O–H groups in total. The van der Waals surface area contributed by atoms with Crippen LogP contribution in [-0.2, 0) is 17.8 Å². The highest BCUT2D eigenvalue weighted by Gasteiger charge is 2.20. The fraction of sp³-hybridized carbons (Fsp3) is 0.500. The summed E-state index contributed by atoms with van der Waals surface area (Å²) in [6.45, 7) is 2.41. The van der Waals surface area contributed by atoms with Gasteiger partial charge in [0, 0.05) is 18.8 Å². The monoisotopic (exact) mass is 282 g/mol. The lowest BCUT2D eigenvalue weighted by atomic mass is 10.0. The first-order valence-electron chi connectivity index (χ1n) is 6.23. The van der Waals surface area contributed by atoms with E-state index in [9.17, 15) is 9.90 Å². The van der Waals surface area contributed by atoms with E-state index in [0.29, 0.717) is 18.7 Å². The molecule has 0 fully saturated rings. The van der Waals surface area contributed by atoms with Crippen molar-refractivity contribution in [3.63, 3.8) is 0 Å². The first-order valence-corrected chi connectivity index (χ1v) is 7.63. The molecule has 1 unspecified atom stereocenters. The van der Waals surface area contributed by atoms with Crippen LogP contribution in [0.5, 0.6) is 0 Å². The molecule has 5 heteroatoms. The zero-order chi connectivity index (χ0) is 14.3. The Balaban J connectivity index is 2.52. The second kappa shape index (κ2) is 7.53. The molecule has 1 atom stereocenters. The maximum atomic E-state index is 11.9. The van der Waals surface area contributed by atoms with Gasteiger partial charge in [-0.25, -0.2) is 0 Å². The molecule has 1 amide bonds. The van der Waals surface area contributed by atoms with Gasteiger partial charge in [-0.1, -0.05) is 24.3 Å². The number of nitrogens with two attached hydrogens (primary N) is 1. The zero-order valence-electron chi connectivity index (χ0n) is 11.5. The van der Waals surface area contributed by atoms with Crippen LogP contribution < -0.4 is 11.1 Å². The highest BCUT2D eigenvalue weighted by molar-refractivity contribution is 7.98. The predicted octanol–water partition coefficient (Wildman–Crippen LogP) is 0.918. The van der Waals surface area contributed by atoms with Crippen molar-refractivity contribution < 1.29 is 9.90 Å². The molecule has 0 saturated carbocycles. The number of aliphatic hydroxyl groups is 1. The molecule has 0 aliphatic carbocycles. The summed E-state index contributed by atoms with van der Waals surface area (Å²) in [5, 5.41) is 12.7. The fourth-order valence-corrected chi connectivity index (χ4v) is 2.54. The lowest BCUT2D eigenvalue weighted by molar-refractivity contribution is -0.121. The van der Waals surface area contributed by atoms with E-state index in [-0.39, 0.29) is 12.5 Å². The molecular weight excluding hydrogens is 260 g/mol. The lowest BCUT2D eigenvalue weighted by Crippen LogP contribution is -2.43.